The molecule has 15 heavy (non-hydrogen) atoms. The van der Waals surface area contributed by atoms with Crippen LogP contribution in [-0.2, 0) is 4.74 Å². The fraction of sp³-hybridized carbons (Fsp3) is 1.00. The lowest BCUT2D eigenvalue weighted by molar-refractivity contribution is 0.0673. The van der Waals surface area contributed by atoms with Gasteiger partial charge in [-0.05, 0) is 45.7 Å². The van der Waals surface area contributed by atoms with Gasteiger partial charge in [-0.15, -0.1) is 0 Å². The zero-order valence-corrected chi connectivity index (χ0v) is 9.87. The van der Waals surface area contributed by atoms with Crippen molar-refractivity contribution in [3.63, 3.8) is 0 Å². The molecule has 88 valence electrons. The van der Waals surface area contributed by atoms with Crippen molar-refractivity contribution in [2.24, 2.45) is 0 Å². The Morgan fingerprint density at radius 1 is 1.40 bits per heavy atom. The highest BCUT2D eigenvalue weighted by molar-refractivity contribution is 4.76. The van der Waals surface area contributed by atoms with Gasteiger partial charge in [0.25, 0.3) is 0 Å². The van der Waals surface area contributed by atoms with Crippen LogP contribution in [0.4, 0.5) is 0 Å². The van der Waals surface area contributed by atoms with Crippen LogP contribution >= 0.6 is 0 Å². The van der Waals surface area contributed by atoms with Gasteiger partial charge >= 0.3 is 0 Å². The maximum atomic E-state index is 5.65. The number of hydrogen-bond donors (Lipinski definition) is 1. The van der Waals surface area contributed by atoms with E-state index < -0.39 is 0 Å². The zero-order valence-electron chi connectivity index (χ0n) is 9.87. The lowest BCUT2D eigenvalue weighted by atomic mass is 10.1. The molecule has 2 atom stereocenters. The number of hydrogen-bond acceptors (Lipinski definition) is 3. The van der Waals surface area contributed by atoms with E-state index in [-0.39, 0.29) is 0 Å². The van der Waals surface area contributed by atoms with Crippen LogP contribution in [0.3, 0.4) is 0 Å². The molecule has 0 radical (unpaired) electrons. The van der Waals surface area contributed by atoms with Crippen molar-refractivity contribution in [2.75, 3.05) is 32.8 Å². The summed E-state index contributed by atoms with van der Waals surface area (Å²) in [5.74, 6) is 0. The summed E-state index contributed by atoms with van der Waals surface area (Å²) in [5.41, 5.74) is 0. The molecule has 2 unspecified atom stereocenters. The first-order valence-corrected chi connectivity index (χ1v) is 6.42. The molecular weight excluding hydrogens is 188 g/mol. The average Bonchev–Trinajstić information content (AvgIpc) is 2.65. The Hall–Kier alpha value is -0.120. The molecule has 0 aliphatic carbocycles. The highest BCUT2D eigenvalue weighted by Gasteiger charge is 2.18. The topological polar surface area (TPSA) is 24.5 Å². The quantitative estimate of drug-likeness (QED) is 0.762. The maximum absolute atomic E-state index is 5.65. The van der Waals surface area contributed by atoms with Crippen molar-refractivity contribution < 1.29 is 4.74 Å². The molecule has 3 nitrogen and oxygen atoms in total. The molecule has 2 aliphatic heterocycles. The molecule has 3 heteroatoms. The van der Waals surface area contributed by atoms with Gasteiger partial charge in [-0.1, -0.05) is 0 Å². The van der Waals surface area contributed by atoms with E-state index in [1.54, 1.807) is 0 Å². The van der Waals surface area contributed by atoms with Gasteiger partial charge in [-0.3, -0.25) is 0 Å². The minimum Gasteiger partial charge on any atom is -0.377 e. The third kappa shape index (κ3) is 3.74. The maximum Gasteiger partial charge on any atom is 0.0673 e. The van der Waals surface area contributed by atoms with E-state index in [1.165, 1.54) is 45.3 Å². The molecule has 0 aromatic heterocycles. The summed E-state index contributed by atoms with van der Waals surface area (Å²) in [5, 5.41) is 3.57. The first-order valence-electron chi connectivity index (χ1n) is 6.42. The Morgan fingerprint density at radius 3 is 3.13 bits per heavy atom. The molecule has 0 bridgehead atoms. The molecule has 1 N–H and O–H groups in total. The standard InChI is InChI=1S/C12H24N2O/c1-11-10-14(7-3-9-15-11)8-5-12-4-2-6-13-12/h11-13H,2-10H2,1H3. The molecule has 2 rings (SSSR count). The van der Waals surface area contributed by atoms with Crippen molar-refractivity contribution in [3.05, 3.63) is 0 Å². The Balaban J connectivity index is 1.67. The van der Waals surface area contributed by atoms with Crippen LogP contribution in [0.1, 0.15) is 32.6 Å². The van der Waals surface area contributed by atoms with Gasteiger partial charge in [0.15, 0.2) is 0 Å². The number of nitrogens with one attached hydrogen (secondary N) is 1. The molecule has 0 saturated carbocycles. The van der Waals surface area contributed by atoms with Crippen LogP contribution in [0.25, 0.3) is 0 Å². The van der Waals surface area contributed by atoms with Gasteiger partial charge in [0.05, 0.1) is 6.10 Å². The average molecular weight is 212 g/mol. The van der Waals surface area contributed by atoms with Crippen molar-refractivity contribution >= 4 is 0 Å². The van der Waals surface area contributed by atoms with E-state index in [4.69, 9.17) is 4.74 Å². The highest BCUT2D eigenvalue weighted by Crippen LogP contribution is 2.11. The Labute approximate surface area is 93.2 Å². The summed E-state index contributed by atoms with van der Waals surface area (Å²) in [7, 11) is 0. The minimum absolute atomic E-state index is 0.420. The largest absolute Gasteiger partial charge is 0.377 e. The first-order chi connectivity index (χ1) is 7.34. The molecular formula is C12H24N2O. The molecule has 0 aromatic rings. The fourth-order valence-corrected chi connectivity index (χ4v) is 2.62. The lowest BCUT2D eigenvalue weighted by Gasteiger charge is -2.23. The molecule has 0 amide bonds. The van der Waals surface area contributed by atoms with Crippen LogP contribution < -0.4 is 5.32 Å². The third-order valence-corrected chi connectivity index (χ3v) is 3.49. The van der Waals surface area contributed by atoms with Crippen molar-refractivity contribution in [1.82, 2.24) is 10.2 Å². The monoisotopic (exact) mass is 212 g/mol. The summed E-state index contributed by atoms with van der Waals surface area (Å²) in [6, 6.07) is 0.782. The molecule has 0 spiro atoms. The van der Waals surface area contributed by atoms with Crippen molar-refractivity contribution in [3.8, 4) is 0 Å². The van der Waals surface area contributed by atoms with E-state index in [9.17, 15) is 0 Å². The second-order valence-electron chi connectivity index (χ2n) is 4.92. The van der Waals surface area contributed by atoms with E-state index in [1.807, 2.05) is 0 Å². The molecule has 2 saturated heterocycles. The van der Waals surface area contributed by atoms with Crippen LogP contribution in [0.2, 0.25) is 0 Å². The molecule has 2 heterocycles. The lowest BCUT2D eigenvalue weighted by Crippen LogP contribution is -2.34. The SMILES string of the molecule is CC1CN(CCC2CCCN2)CCCO1. The summed E-state index contributed by atoms with van der Waals surface area (Å²) in [4.78, 5) is 2.57. The minimum atomic E-state index is 0.420. The number of nitrogens with zero attached hydrogens (tertiary/aromatic N) is 1. The van der Waals surface area contributed by atoms with Crippen molar-refractivity contribution in [1.29, 1.82) is 0 Å². The second kappa shape index (κ2) is 5.83. The summed E-state index contributed by atoms with van der Waals surface area (Å²) in [6.45, 7) is 7.94. The third-order valence-electron chi connectivity index (χ3n) is 3.49. The number of ether oxygens (including phenoxy) is 1. The van der Waals surface area contributed by atoms with Crippen molar-refractivity contribution in [2.45, 2.75) is 44.8 Å². The predicted molar refractivity (Wildman–Crippen MR) is 62.1 cm³/mol. The summed E-state index contributed by atoms with van der Waals surface area (Å²) >= 11 is 0. The first kappa shape index (κ1) is 11.4. The van der Waals surface area contributed by atoms with Gasteiger partial charge in [-0.25, -0.2) is 0 Å². The van der Waals surface area contributed by atoms with E-state index in [0.717, 1.165) is 19.2 Å². The van der Waals surface area contributed by atoms with Crippen LogP contribution in [0.15, 0.2) is 0 Å². The smallest absolute Gasteiger partial charge is 0.0673 e. The van der Waals surface area contributed by atoms with Crippen LogP contribution in [0, 0.1) is 0 Å². The van der Waals surface area contributed by atoms with Crippen LogP contribution in [0.5, 0.6) is 0 Å². The summed E-state index contributed by atoms with van der Waals surface area (Å²) < 4.78 is 5.65. The van der Waals surface area contributed by atoms with Gasteiger partial charge < -0.3 is 15.0 Å². The summed E-state index contributed by atoms with van der Waals surface area (Å²) in [6.07, 6.45) is 5.67. The Morgan fingerprint density at radius 2 is 2.33 bits per heavy atom. The number of rotatable bonds is 3. The van der Waals surface area contributed by atoms with Gasteiger partial charge in [-0.2, -0.15) is 0 Å². The molecule has 2 aliphatic rings. The van der Waals surface area contributed by atoms with Gasteiger partial charge in [0.1, 0.15) is 0 Å². The highest BCUT2D eigenvalue weighted by atomic mass is 16.5. The van der Waals surface area contributed by atoms with Crippen LogP contribution in [-0.4, -0.2) is 49.8 Å². The van der Waals surface area contributed by atoms with E-state index in [2.05, 4.69) is 17.1 Å². The zero-order chi connectivity index (χ0) is 10.5. The predicted octanol–water partition coefficient (Wildman–Crippen LogP) is 1.24. The second-order valence-corrected chi connectivity index (χ2v) is 4.92. The van der Waals surface area contributed by atoms with E-state index in [0.29, 0.717) is 6.10 Å². The normalized spacial score (nSPS) is 34.2. The Bertz CT molecular complexity index is 180. The molecule has 0 aromatic carbocycles. The molecule has 2 fully saturated rings. The Kier molecular flexibility index (Phi) is 4.42. The van der Waals surface area contributed by atoms with E-state index >= 15 is 0 Å². The van der Waals surface area contributed by atoms with Gasteiger partial charge in [0, 0.05) is 25.7 Å². The fourth-order valence-electron chi connectivity index (χ4n) is 2.62. The van der Waals surface area contributed by atoms with Gasteiger partial charge in [0.2, 0.25) is 0 Å².